The van der Waals surface area contributed by atoms with Gasteiger partial charge in [-0.25, -0.2) is 0 Å². The van der Waals surface area contributed by atoms with Gasteiger partial charge in [-0.2, -0.15) is 0 Å². The molecule has 98 valence electrons. The molecule has 1 aromatic heterocycles. The van der Waals surface area contributed by atoms with Crippen molar-refractivity contribution < 1.29 is 4.79 Å². The zero-order valence-electron chi connectivity index (χ0n) is 10.3. The molecule has 0 aliphatic carbocycles. The monoisotopic (exact) mass is 319 g/mol. The molecule has 2 aromatic rings. The van der Waals surface area contributed by atoms with Crippen molar-refractivity contribution in [3.05, 3.63) is 58.3 Å². The fourth-order valence-corrected chi connectivity index (χ4v) is 2.07. The number of rotatable bonds is 4. The van der Waals surface area contributed by atoms with E-state index in [0.29, 0.717) is 18.5 Å². The maximum atomic E-state index is 12.1. The van der Waals surface area contributed by atoms with Crippen LogP contribution in [0, 0.1) is 0 Å². The number of halogens is 1. The van der Waals surface area contributed by atoms with Crippen LogP contribution in [0.2, 0.25) is 0 Å². The van der Waals surface area contributed by atoms with Crippen LogP contribution in [0.4, 0.5) is 5.69 Å². The third-order valence-corrected chi connectivity index (χ3v) is 3.05. The summed E-state index contributed by atoms with van der Waals surface area (Å²) in [5.41, 5.74) is 7.63. The van der Waals surface area contributed by atoms with Gasteiger partial charge in [-0.05, 0) is 36.9 Å². The molecule has 1 heterocycles. The Labute approximate surface area is 120 Å². The highest BCUT2D eigenvalue weighted by atomic mass is 79.9. The van der Waals surface area contributed by atoms with Gasteiger partial charge < -0.3 is 11.1 Å². The maximum Gasteiger partial charge on any atom is 0.255 e. The van der Waals surface area contributed by atoms with Crippen LogP contribution in [0.3, 0.4) is 0 Å². The van der Waals surface area contributed by atoms with E-state index in [1.54, 1.807) is 18.3 Å². The van der Waals surface area contributed by atoms with E-state index in [1.807, 2.05) is 24.3 Å². The van der Waals surface area contributed by atoms with Crippen LogP contribution >= 0.6 is 15.9 Å². The molecule has 0 spiro atoms. The third-order valence-electron chi connectivity index (χ3n) is 2.56. The first-order valence-corrected chi connectivity index (χ1v) is 6.70. The van der Waals surface area contributed by atoms with Gasteiger partial charge in [-0.3, -0.25) is 9.78 Å². The Kier molecular flexibility index (Phi) is 4.65. The Hall–Kier alpha value is -1.72. The van der Waals surface area contributed by atoms with E-state index in [-0.39, 0.29) is 5.91 Å². The summed E-state index contributed by atoms with van der Waals surface area (Å²) in [6.07, 6.45) is 2.29. The molecular formula is C14H14BrN3O. The number of carbonyl (C=O) groups excluding carboxylic acids is 1. The summed E-state index contributed by atoms with van der Waals surface area (Å²) in [4.78, 5) is 16.3. The van der Waals surface area contributed by atoms with Gasteiger partial charge in [-0.1, -0.05) is 22.0 Å². The normalized spacial score (nSPS) is 10.2. The average molecular weight is 320 g/mol. The summed E-state index contributed by atoms with van der Waals surface area (Å²) < 4.78 is 0.920. The molecule has 5 heteroatoms. The lowest BCUT2D eigenvalue weighted by atomic mass is 10.2. The molecule has 0 aliphatic rings. The fourth-order valence-electron chi connectivity index (χ4n) is 1.67. The number of nitrogens with one attached hydrogen (secondary N) is 1. The Balaban J connectivity index is 2.13. The first-order valence-electron chi connectivity index (χ1n) is 5.91. The molecule has 0 aliphatic heterocycles. The van der Waals surface area contributed by atoms with Crippen LogP contribution in [0.5, 0.6) is 0 Å². The molecule has 0 saturated carbocycles. The first-order chi connectivity index (χ1) is 9.19. The predicted octanol–water partition coefficient (Wildman–Crippen LogP) is 2.60. The number of carbonyl (C=O) groups is 1. The second-order valence-corrected chi connectivity index (χ2v) is 4.95. The van der Waals surface area contributed by atoms with Crippen molar-refractivity contribution in [2.45, 2.75) is 6.42 Å². The standard InChI is InChI=1S/C14H14BrN3O/c15-11-2-1-3-13(9-11)18-14(19)10-5-7-17-12(8-10)4-6-16/h1-3,5,7-9H,4,6,16H2,(H,18,19). The molecule has 19 heavy (non-hydrogen) atoms. The van der Waals surface area contributed by atoms with Crippen molar-refractivity contribution >= 4 is 27.5 Å². The van der Waals surface area contributed by atoms with Crippen molar-refractivity contribution in [2.75, 3.05) is 11.9 Å². The van der Waals surface area contributed by atoms with Crippen molar-refractivity contribution in [3.8, 4) is 0 Å². The topological polar surface area (TPSA) is 68.0 Å². The largest absolute Gasteiger partial charge is 0.330 e. The quantitative estimate of drug-likeness (QED) is 0.910. The van der Waals surface area contributed by atoms with Crippen LogP contribution in [-0.4, -0.2) is 17.4 Å². The minimum absolute atomic E-state index is 0.154. The Bertz CT molecular complexity index is 586. The zero-order valence-corrected chi connectivity index (χ0v) is 11.9. The van der Waals surface area contributed by atoms with Crippen LogP contribution in [-0.2, 0) is 6.42 Å². The lowest BCUT2D eigenvalue weighted by Gasteiger charge is -2.06. The van der Waals surface area contributed by atoms with Crippen molar-refractivity contribution in [1.82, 2.24) is 4.98 Å². The third kappa shape index (κ3) is 3.87. The van der Waals surface area contributed by atoms with Gasteiger partial charge in [0.05, 0.1) is 0 Å². The van der Waals surface area contributed by atoms with Gasteiger partial charge in [0, 0.05) is 34.0 Å². The summed E-state index contributed by atoms with van der Waals surface area (Å²) in [5, 5.41) is 2.84. The SMILES string of the molecule is NCCc1cc(C(=O)Nc2cccc(Br)c2)ccn1. The molecule has 0 radical (unpaired) electrons. The summed E-state index contributed by atoms with van der Waals surface area (Å²) >= 11 is 3.37. The van der Waals surface area contributed by atoms with E-state index >= 15 is 0 Å². The number of nitrogens with zero attached hydrogens (tertiary/aromatic N) is 1. The molecule has 1 aromatic carbocycles. The van der Waals surface area contributed by atoms with Gasteiger partial charge in [0.2, 0.25) is 0 Å². The zero-order chi connectivity index (χ0) is 13.7. The second kappa shape index (κ2) is 6.45. The van der Waals surface area contributed by atoms with E-state index in [1.165, 1.54) is 0 Å². The molecule has 0 unspecified atom stereocenters. The Morgan fingerprint density at radius 1 is 1.32 bits per heavy atom. The van der Waals surface area contributed by atoms with Gasteiger partial charge in [0.25, 0.3) is 5.91 Å². The lowest BCUT2D eigenvalue weighted by molar-refractivity contribution is 0.102. The van der Waals surface area contributed by atoms with Gasteiger partial charge in [0.1, 0.15) is 0 Å². The maximum absolute atomic E-state index is 12.1. The summed E-state index contributed by atoms with van der Waals surface area (Å²) in [6.45, 7) is 0.518. The lowest BCUT2D eigenvalue weighted by Crippen LogP contribution is -2.13. The van der Waals surface area contributed by atoms with E-state index in [9.17, 15) is 4.79 Å². The highest BCUT2D eigenvalue weighted by molar-refractivity contribution is 9.10. The number of pyridine rings is 1. The highest BCUT2D eigenvalue weighted by Gasteiger charge is 2.07. The first kappa shape index (κ1) is 13.7. The number of nitrogens with two attached hydrogens (primary N) is 1. The van der Waals surface area contributed by atoms with E-state index in [4.69, 9.17) is 5.73 Å². The molecular weight excluding hydrogens is 306 g/mol. The Morgan fingerprint density at radius 3 is 2.89 bits per heavy atom. The molecule has 4 nitrogen and oxygen atoms in total. The summed E-state index contributed by atoms with van der Waals surface area (Å²) in [5.74, 6) is -0.154. The van der Waals surface area contributed by atoms with E-state index in [2.05, 4.69) is 26.2 Å². The van der Waals surface area contributed by atoms with Gasteiger partial charge >= 0.3 is 0 Å². The minimum Gasteiger partial charge on any atom is -0.330 e. The molecule has 0 bridgehead atoms. The van der Waals surface area contributed by atoms with Crippen molar-refractivity contribution in [3.63, 3.8) is 0 Å². The van der Waals surface area contributed by atoms with E-state index in [0.717, 1.165) is 15.9 Å². The van der Waals surface area contributed by atoms with Crippen molar-refractivity contribution in [2.24, 2.45) is 5.73 Å². The predicted molar refractivity (Wildman–Crippen MR) is 79.1 cm³/mol. The van der Waals surface area contributed by atoms with Crippen LogP contribution in [0.15, 0.2) is 47.1 Å². The van der Waals surface area contributed by atoms with Crippen molar-refractivity contribution in [1.29, 1.82) is 0 Å². The Morgan fingerprint density at radius 2 is 2.16 bits per heavy atom. The average Bonchev–Trinajstić information content (AvgIpc) is 2.39. The number of benzene rings is 1. The molecule has 0 saturated heterocycles. The second-order valence-electron chi connectivity index (χ2n) is 4.04. The van der Waals surface area contributed by atoms with Crippen LogP contribution < -0.4 is 11.1 Å². The number of hydrogen-bond acceptors (Lipinski definition) is 3. The summed E-state index contributed by atoms with van der Waals surface area (Å²) in [7, 11) is 0. The van der Waals surface area contributed by atoms with Crippen LogP contribution in [0.1, 0.15) is 16.1 Å². The number of aromatic nitrogens is 1. The molecule has 1 amide bonds. The molecule has 0 atom stereocenters. The minimum atomic E-state index is -0.154. The number of hydrogen-bond donors (Lipinski definition) is 2. The molecule has 2 rings (SSSR count). The van der Waals surface area contributed by atoms with Gasteiger partial charge in [0.15, 0.2) is 0 Å². The number of anilines is 1. The molecule has 3 N–H and O–H groups in total. The van der Waals surface area contributed by atoms with E-state index < -0.39 is 0 Å². The summed E-state index contributed by atoms with van der Waals surface area (Å²) in [6, 6.07) is 10.9. The highest BCUT2D eigenvalue weighted by Crippen LogP contribution is 2.16. The van der Waals surface area contributed by atoms with Gasteiger partial charge in [-0.15, -0.1) is 0 Å². The smallest absolute Gasteiger partial charge is 0.255 e. The molecule has 0 fully saturated rings. The number of amides is 1. The fraction of sp³-hybridized carbons (Fsp3) is 0.143. The van der Waals surface area contributed by atoms with Crippen LogP contribution in [0.25, 0.3) is 0 Å².